The van der Waals surface area contributed by atoms with Gasteiger partial charge in [0.25, 0.3) is 5.92 Å². The van der Waals surface area contributed by atoms with Crippen LogP contribution in [0.2, 0.25) is 0 Å². The zero-order valence-corrected chi connectivity index (χ0v) is 7.00. The van der Waals surface area contributed by atoms with E-state index in [1.807, 2.05) is 0 Å². The third-order valence-corrected chi connectivity index (χ3v) is 2.21. The molecule has 1 aromatic heterocycles. The molecule has 1 N–H and O–H groups in total. The van der Waals surface area contributed by atoms with Gasteiger partial charge in [-0.3, -0.25) is 4.98 Å². The molecular weight excluding hydrogens is 174 g/mol. The van der Waals surface area contributed by atoms with Gasteiger partial charge in [-0.1, -0.05) is 6.07 Å². The topological polar surface area (TPSA) is 24.9 Å². The number of hydrogen-bond acceptors (Lipinski definition) is 2. The first kappa shape index (κ1) is 8.56. The molecule has 2 heterocycles. The van der Waals surface area contributed by atoms with Crippen molar-refractivity contribution in [2.24, 2.45) is 0 Å². The number of aromatic nitrogens is 1. The van der Waals surface area contributed by atoms with Crippen LogP contribution in [0.4, 0.5) is 8.78 Å². The van der Waals surface area contributed by atoms with Gasteiger partial charge in [0.1, 0.15) is 6.04 Å². The normalized spacial score (nSPS) is 26.2. The second-order valence-electron chi connectivity index (χ2n) is 3.15. The van der Waals surface area contributed by atoms with E-state index in [9.17, 15) is 8.78 Å². The Balaban J connectivity index is 2.27. The summed E-state index contributed by atoms with van der Waals surface area (Å²) in [6.45, 7) is 0.355. The van der Waals surface area contributed by atoms with E-state index in [1.54, 1.807) is 18.2 Å². The summed E-state index contributed by atoms with van der Waals surface area (Å²) < 4.78 is 26.4. The Morgan fingerprint density at radius 3 is 2.85 bits per heavy atom. The Kier molecular flexibility index (Phi) is 2.00. The molecule has 13 heavy (non-hydrogen) atoms. The van der Waals surface area contributed by atoms with Crippen LogP contribution in [0.1, 0.15) is 18.2 Å². The zero-order chi connectivity index (χ0) is 9.31. The standard InChI is InChI=1S/C9H10F2N2/c10-9(11)4-6-13-8(9)7-3-1-2-5-12-7/h1-3,5,8,13H,4,6H2/t8-/m0/s1. The second-order valence-corrected chi connectivity index (χ2v) is 3.15. The van der Waals surface area contributed by atoms with E-state index in [2.05, 4.69) is 10.3 Å². The highest BCUT2D eigenvalue weighted by Crippen LogP contribution is 2.37. The summed E-state index contributed by atoms with van der Waals surface area (Å²) in [5.74, 6) is -2.66. The summed E-state index contributed by atoms with van der Waals surface area (Å²) in [5.41, 5.74) is 0.421. The molecule has 0 unspecified atom stereocenters. The molecule has 0 aromatic carbocycles. The van der Waals surface area contributed by atoms with Crippen LogP contribution in [-0.2, 0) is 0 Å². The Bertz CT molecular complexity index is 287. The molecule has 0 aliphatic carbocycles. The van der Waals surface area contributed by atoms with Crippen LogP contribution in [0.25, 0.3) is 0 Å². The van der Waals surface area contributed by atoms with Gasteiger partial charge in [0.2, 0.25) is 0 Å². The SMILES string of the molecule is FC1(F)CCN[C@H]1c1ccccn1. The predicted molar refractivity (Wildman–Crippen MR) is 44.5 cm³/mol. The minimum absolute atomic E-state index is 0.103. The molecule has 2 rings (SSSR count). The lowest BCUT2D eigenvalue weighted by Crippen LogP contribution is -2.27. The first-order valence-corrected chi connectivity index (χ1v) is 4.22. The van der Waals surface area contributed by atoms with Crippen molar-refractivity contribution in [1.82, 2.24) is 10.3 Å². The summed E-state index contributed by atoms with van der Waals surface area (Å²) in [7, 11) is 0. The Morgan fingerprint density at radius 1 is 1.46 bits per heavy atom. The van der Waals surface area contributed by atoms with E-state index >= 15 is 0 Å². The van der Waals surface area contributed by atoms with Gasteiger partial charge in [0.15, 0.2) is 0 Å². The number of alkyl halides is 2. The molecule has 1 saturated heterocycles. The van der Waals surface area contributed by atoms with Gasteiger partial charge < -0.3 is 5.32 Å². The maximum Gasteiger partial charge on any atom is 0.269 e. The Labute approximate surface area is 75.0 Å². The van der Waals surface area contributed by atoms with Crippen molar-refractivity contribution < 1.29 is 8.78 Å². The van der Waals surface area contributed by atoms with Crippen LogP contribution in [0, 0.1) is 0 Å². The number of halogens is 2. The molecule has 1 fully saturated rings. The summed E-state index contributed by atoms with van der Waals surface area (Å²) in [5, 5.41) is 2.75. The van der Waals surface area contributed by atoms with Gasteiger partial charge in [-0.15, -0.1) is 0 Å². The number of pyridine rings is 1. The third-order valence-electron chi connectivity index (χ3n) is 2.21. The number of nitrogens with zero attached hydrogens (tertiary/aromatic N) is 1. The number of nitrogens with one attached hydrogen (secondary N) is 1. The molecule has 1 aromatic rings. The van der Waals surface area contributed by atoms with E-state index in [0.717, 1.165) is 0 Å². The maximum atomic E-state index is 13.2. The Hall–Kier alpha value is -1.03. The predicted octanol–water partition coefficient (Wildman–Crippen LogP) is 1.75. The molecule has 70 valence electrons. The number of rotatable bonds is 1. The monoisotopic (exact) mass is 184 g/mol. The average Bonchev–Trinajstić information content (AvgIpc) is 2.47. The first-order valence-electron chi connectivity index (χ1n) is 4.22. The molecule has 1 aliphatic rings. The van der Waals surface area contributed by atoms with Crippen molar-refractivity contribution in [3.05, 3.63) is 30.1 Å². The maximum absolute atomic E-state index is 13.2. The third kappa shape index (κ3) is 1.54. The van der Waals surface area contributed by atoms with E-state index in [0.29, 0.717) is 12.2 Å². The lowest BCUT2D eigenvalue weighted by molar-refractivity contribution is -0.0128. The zero-order valence-electron chi connectivity index (χ0n) is 7.00. The van der Waals surface area contributed by atoms with Gasteiger partial charge in [0.05, 0.1) is 5.69 Å². The molecule has 0 amide bonds. The van der Waals surface area contributed by atoms with Crippen LogP contribution in [-0.4, -0.2) is 17.5 Å². The van der Waals surface area contributed by atoms with Crippen LogP contribution >= 0.6 is 0 Å². The van der Waals surface area contributed by atoms with Crippen molar-refractivity contribution in [3.63, 3.8) is 0 Å². The van der Waals surface area contributed by atoms with Crippen molar-refractivity contribution >= 4 is 0 Å². The number of hydrogen-bond donors (Lipinski definition) is 1. The van der Waals surface area contributed by atoms with Crippen LogP contribution in [0.3, 0.4) is 0 Å². The van der Waals surface area contributed by atoms with Gasteiger partial charge in [0, 0.05) is 19.2 Å². The van der Waals surface area contributed by atoms with Crippen LogP contribution in [0.5, 0.6) is 0 Å². The van der Waals surface area contributed by atoms with Gasteiger partial charge in [-0.25, -0.2) is 8.78 Å². The molecule has 2 nitrogen and oxygen atoms in total. The second kappa shape index (κ2) is 3.03. The highest BCUT2D eigenvalue weighted by molar-refractivity contribution is 5.14. The van der Waals surface area contributed by atoms with Gasteiger partial charge in [-0.05, 0) is 12.1 Å². The lowest BCUT2D eigenvalue weighted by atomic mass is 10.1. The van der Waals surface area contributed by atoms with E-state index < -0.39 is 12.0 Å². The van der Waals surface area contributed by atoms with Crippen LogP contribution in [0.15, 0.2) is 24.4 Å². The van der Waals surface area contributed by atoms with Crippen LogP contribution < -0.4 is 5.32 Å². The average molecular weight is 184 g/mol. The molecule has 0 radical (unpaired) electrons. The molecule has 1 aliphatic heterocycles. The smallest absolute Gasteiger partial charge is 0.269 e. The van der Waals surface area contributed by atoms with Crippen molar-refractivity contribution in [3.8, 4) is 0 Å². The van der Waals surface area contributed by atoms with Crippen molar-refractivity contribution in [1.29, 1.82) is 0 Å². The summed E-state index contributed by atoms with van der Waals surface area (Å²) in [4.78, 5) is 3.91. The minimum atomic E-state index is -2.66. The molecule has 0 saturated carbocycles. The molecule has 0 spiro atoms. The van der Waals surface area contributed by atoms with E-state index in [1.165, 1.54) is 6.20 Å². The van der Waals surface area contributed by atoms with E-state index in [4.69, 9.17) is 0 Å². The Morgan fingerprint density at radius 2 is 2.31 bits per heavy atom. The minimum Gasteiger partial charge on any atom is -0.303 e. The molecular formula is C9H10F2N2. The highest BCUT2D eigenvalue weighted by Gasteiger charge is 2.45. The summed E-state index contributed by atoms with van der Waals surface area (Å²) in [6, 6.07) is 4.15. The lowest BCUT2D eigenvalue weighted by Gasteiger charge is -2.17. The molecule has 0 bridgehead atoms. The molecule has 1 atom stereocenters. The summed E-state index contributed by atoms with van der Waals surface area (Å²) in [6.07, 6.45) is 1.43. The quantitative estimate of drug-likeness (QED) is 0.719. The van der Waals surface area contributed by atoms with Crippen molar-refractivity contribution in [2.75, 3.05) is 6.54 Å². The van der Waals surface area contributed by atoms with E-state index in [-0.39, 0.29) is 6.42 Å². The van der Waals surface area contributed by atoms with Crippen molar-refractivity contribution in [2.45, 2.75) is 18.4 Å². The summed E-state index contributed by atoms with van der Waals surface area (Å²) >= 11 is 0. The fraction of sp³-hybridized carbons (Fsp3) is 0.444. The fourth-order valence-electron chi connectivity index (χ4n) is 1.54. The molecule has 4 heteroatoms. The first-order chi connectivity index (χ1) is 6.20. The van der Waals surface area contributed by atoms with Gasteiger partial charge >= 0.3 is 0 Å². The largest absolute Gasteiger partial charge is 0.303 e. The fourth-order valence-corrected chi connectivity index (χ4v) is 1.54. The van der Waals surface area contributed by atoms with Gasteiger partial charge in [-0.2, -0.15) is 0 Å². The highest BCUT2D eigenvalue weighted by atomic mass is 19.3.